The van der Waals surface area contributed by atoms with E-state index >= 15 is 0 Å². The first-order valence-electron chi connectivity index (χ1n) is 8.24. The molecule has 9 nitrogen and oxygen atoms in total. The van der Waals surface area contributed by atoms with E-state index in [-0.39, 0.29) is 19.4 Å². The Morgan fingerprint density at radius 2 is 1.38 bits per heavy atom. The molecular formula is C15H30O9. The zero-order chi connectivity index (χ0) is 18.3. The Kier molecular flexibility index (Phi) is 9.57. The lowest BCUT2D eigenvalue weighted by Crippen LogP contribution is -2.53. The molecule has 2 aliphatic heterocycles. The van der Waals surface area contributed by atoms with Crippen LogP contribution in [0.25, 0.3) is 0 Å². The summed E-state index contributed by atoms with van der Waals surface area (Å²) in [6.07, 6.45) is -7.44. The molecule has 0 bridgehead atoms. The van der Waals surface area contributed by atoms with E-state index in [4.69, 9.17) is 24.1 Å². The second-order valence-corrected chi connectivity index (χ2v) is 5.55. The first-order valence-corrected chi connectivity index (χ1v) is 8.24. The molecule has 8 atom stereocenters. The molecule has 2 rings (SSSR count). The highest BCUT2D eigenvalue weighted by molar-refractivity contribution is 4.85. The fourth-order valence-corrected chi connectivity index (χ4v) is 2.58. The Bertz CT molecular complexity index is 343. The number of methoxy groups -OCH3 is 1. The smallest absolute Gasteiger partial charge is 0.160 e. The molecule has 0 saturated carbocycles. The van der Waals surface area contributed by atoms with Gasteiger partial charge in [-0.25, -0.2) is 0 Å². The van der Waals surface area contributed by atoms with E-state index in [9.17, 15) is 20.4 Å². The van der Waals surface area contributed by atoms with Crippen LogP contribution in [0.2, 0.25) is 0 Å². The van der Waals surface area contributed by atoms with Crippen LogP contribution in [0, 0.1) is 0 Å². The van der Waals surface area contributed by atoms with Crippen LogP contribution in [0.4, 0.5) is 0 Å². The summed E-state index contributed by atoms with van der Waals surface area (Å²) in [5, 5.41) is 48.0. The van der Waals surface area contributed by atoms with Gasteiger partial charge in [-0.2, -0.15) is 0 Å². The third-order valence-electron chi connectivity index (χ3n) is 3.96. The van der Waals surface area contributed by atoms with Crippen LogP contribution in [0.3, 0.4) is 0 Å². The van der Waals surface area contributed by atoms with Crippen molar-refractivity contribution >= 4 is 0 Å². The Labute approximate surface area is 141 Å². The molecule has 0 radical (unpaired) electrons. The van der Waals surface area contributed by atoms with E-state index in [2.05, 4.69) is 0 Å². The van der Waals surface area contributed by atoms with Gasteiger partial charge in [-0.1, -0.05) is 13.8 Å². The van der Waals surface area contributed by atoms with Crippen molar-refractivity contribution in [2.45, 2.75) is 75.9 Å². The quantitative estimate of drug-likeness (QED) is 0.393. The molecule has 5 N–H and O–H groups in total. The van der Waals surface area contributed by atoms with Gasteiger partial charge in [0.2, 0.25) is 0 Å². The van der Waals surface area contributed by atoms with Crippen molar-refractivity contribution in [1.29, 1.82) is 0 Å². The maximum atomic E-state index is 9.89. The second-order valence-electron chi connectivity index (χ2n) is 5.55. The van der Waals surface area contributed by atoms with Gasteiger partial charge in [0.15, 0.2) is 12.6 Å². The molecule has 0 aromatic heterocycles. The van der Waals surface area contributed by atoms with Crippen LogP contribution in [-0.2, 0) is 18.9 Å². The number of ether oxygens (including phenoxy) is 4. The molecule has 9 heteroatoms. The molecule has 2 aliphatic rings. The van der Waals surface area contributed by atoms with E-state index in [0.29, 0.717) is 0 Å². The van der Waals surface area contributed by atoms with E-state index in [1.54, 1.807) is 0 Å². The maximum Gasteiger partial charge on any atom is 0.160 e. The number of hydrogen-bond donors (Lipinski definition) is 5. The predicted molar refractivity (Wildman–Crippen MR) is 82.0 cm³/mol. The summed E-state index contributed by atoms with van der Waals surface area (Å²) in [5.74, 6) is 0. The summed E-state index contributed by atoms with van der Waals surface area (Å²) in [4.78, 5) is 0. The highest BCUT2D eigenvalue weighted by atomic mass is 16.7. The maximum absolute atomic E-state index is 9.89. The number of aliphatic hydroxyl groups excluding tert-OH is 5. The summed E-state index contributed by atoms with van der Waals surface area (Å²) >= 11 is 0. The van der Waals surface area contributed by atoms with Gasteiger partial charge in [0.1, 0.15) is 24.4 Å². The van der Waals surface area contributed by atoms with Crippen molar-refractivity contribution in [3.63, 3.8) is 0 Å². The van der Waals surface area contributed by atoms with Crippen LogP contribution in [0.15, 0.2) is 0 Å². The van der Waals surface area contributed by atoms with Gasteiger partial charge in [0, 0.05) is 20.0 Å². The lowest BCUT2D eigenvalue weighted by molar-refractivity contribution is -0.289. The van der Waals surface area contributed by atoms with Crippen LogP contribution < -0.4 is 0 Å². The third-order valence-corrected chi connectivity index (χ3v) is 3.96. The average molecular weight is 354 g/mol. The topological polar surface area (TPSA) is 138 Å². The molecule has 24 heavy (non-hydrogen) atoms. The average Bonchev–Trinajstić information content (AvgIpc) is 2.60. The van der Waals surface area contributed by atoms with Gasteiger partial charge in [-0.3, -0.25) is 0 Å². The molecule has 5 unspecified atom stereocenters. The monoisotopic (exact) mass is 354 g/mol. The summed E-state index contributed by atoms with van der Waals surface area (Å²) in [7, 11) is 1.43. The Morgan fingerprint density at radius 3 is 1.92 bits per heavy atom. The fraction of sp³-hybridized carbons (Fsp3) is 1.00. The molecule has 144 valence electrons. The minimum Gasteiger partial charge on any atom is -0.394 e. The van der Waals surface area contributed by atoms with Crippen molar-refractivity contribution in [2.75, 3.05) is 20.3 Å². The first kappa shape index (κ1) is 21.7. The van der Waals surface area contributed by atoms with Gasteiger partial charge >= 0.3 is 0 Å². The normalized spacial score (nSPS) is 43.0. The Balaban J connectivity index is 0.00000139. The van der Waals surface area contributed by atoms with Crippen LogP contribution in [0.1, 0.15) is 26.7 Å². The molecule has 2 saturated heterocycles. The van der Waals surface area contributed by atoms with Crippen LogP contribution in [0.5, 0.6) is 0 Å². The van der Waals surface area contributed by atoms with E-state index < -0.39 is 55.8 Å². The van der Waals surface area contributed by atoms with Gasteiger partial charge in [-0.15, -0.1) is 0 Å². The number of aliphatic hydroxyl groups is 5. The van der Waals surface area contributed by atoms with E-state index in [1.807, 2.05) is 13.8 Å². The lowest BCUT2D eigenvalue weighted by Gasteiger charge is -2.39. The van der Waals surface area contributed by atoms with E-state index in [1.165, 1.54) is 7.11 Å². The summed E-state index contributed by atoms with van der Waals surface area (Å²) < 4.78 is 21.2. The van der Waals surface area contributed by atoms with Crippen molar-refractivity contribution in [1.82, 2.24) is 0 Å². The molecule has 2 fully saturated rings. The zero-order valence-corrected chi connectivity index (χ0v) is 14.3. The molecule has 0 spiro atoms. The molecule has 0 aromatic carbocycles. The van der Waals surface area contributed by atoms with Crippen molar-refractivity contribution in [2.24, 2.45) is 0 Å². The first-order chi connectivity index (χ1) is 11.5. The van der Waals surface area contributed by atoms with Crippen LogP contribution >= 0.6 is 0 Å². The summed E-state index contributed by atoms with van der Waals surface area (Å²) in [6.45, 7) is 3.45. The van der Waals surface area contributed by atoms with Crippen molar-refractivity contribution in [3.05, 3.63) is 0 Å². The third kappa shape index (κ3) is 5.58. The second kappa shape index (κ2) is 10.6. The van der Waals surface area contributed by atoms with Gasteiger partial charge in [0.05, 0.1) is 25.4 Å². The molecular weight excluding hydrogens is 324 g/mol. The molecule has 0 aromatic rings. The summed E-state index contributed by atoms with van der Waals surface area (Å²) in [6, 6.07) is 0. The van der Waals surface area contributed by atoms with Crippen molar-refractivity contribution < 1.29 is 44.5 Å². The lowest BCUT2D eigenvalue weighted by atomic mass is 10.0. The standard InChI is InChI=1S/C13H24O9.C2H6/c1-19-10-2-6(15)13(18)9(22-10)5-20-11-3-7(16)12(17)8(4-14)21-11;1-2/h6-18H,2-5H2,1H3;1-2H3/t6?,7-,8?,9?,10+,11?,12?,13+;/m1./s1. The van der Waals surface area contributed by atoms with Crippen LogP contribution in [-0.4, -0.2) is 95.1 Å². The Hall–Kier alpha value is -0.360. The highest BCUT2D eigenvalue weighted by Crippen LogP contribution is 2.24. The zero-order valence-electron chi connectivity index (χ0n) is 14.3. The molecule has 0 aliphatic carbocycles. The van der Waals surface area contributed by atoms with Gasteiger partial charge in [0.25, 0.3) is 0 Å². The largest absolute Gasteiger partial charge is 0.394 e. The minimum atomic E-state index is -1.18. The van der Waals surface area contributed by atoms with Gasteiger partial charge < -0.3 is 44.5 Å². The van der Waals surface area contributed by atoms with Crippen molar-refractivity contribution in [3.8, 4) is 0 Å². The number of rotatable bonds is 5. The molecule has 2 heterocycles. The number of hydrogen-bond acceptors (Lipinski definition) is 9. The fourth-order valence-electron chi connectivity index (χ4n) is 2.58. The summed E-state index contributed by atoms with van der Waals surface area (Å²) in [5.41, 5.74) is 0. The minimum absolute atomic E-state index is 0.0245. The highest BCUT2D eigenvalue weighted by Gasteiger charge is 2.40. The molecule has 0 amide bonds. The Morgan fingerprint density at radius 1 is 0.875 bits per heavy atom. The predicted octanol–water partition coefficient (Wildman–Crippen LogP) is -1.66. The van der Waals surface area contributed by atoms with Gasteiger partial charge in [-0.05, 0) is 0 Å². The SMILES string of the molecule is CC.CO[C@@H]1CC(O)[C@H](O)C(COC2C[C@@H](O)C(O)C(CO)O2)O1. The van der Waals surface area contributed by atoms with E-state index in [0.717, 1.165) is 0 Å².